The lowest BCUT2D eigenvalue weighted by atomic mass is 10.0. The Kier molecular flexibility index (Phi) is 5.92. The largest absolute Gasteiger partial charge is 0.493 e. The number of benzene rings is 1. The van der Waals surface area contributed by atoms with Gasteiger partial charge in [-0.15, -0.1) is 0 Å². The molecular weight excluding hydrogens is 344 g/mol. The second-order valence-corrected chi connectivity index (χ2v) is 8.49. The lowest BCUT2D eigenvalue weighted by Crippen LogP contribution is -2.47. The third kappa shape index (κ3) is 6.15. The Morgan fingerprint density at radius 1 is 1.07 bits per heavy atom. The quantitative estimate of drug-likeness (QED) is 0.855. The monoisotopic (exact) mass is 374 g/mol. The van der Waals surface area contributed by atoms with Gasteiger partial charge in [0.1, 0.15) is 11.4 Å². The van der Waals surface area contributed by atoms with Gasteiger partial charge in [0, 0.05) is 24.7 Å². The summed E-state index contributed by atoms with van der Waals surface area (Å²) in [4.78, 5) is 26.4. The topological polar surface area (TPSA) is 67.9 Å². The first kappa shape index (κ1) is 19.5. The van der Waals surface area contributed by atoms with Crippen LogP contribution < -0.4 is 10.1 Å². The van der Waals surface area contributed by atoms with Crippen LogP contribution in [-0.4, -0.2) is 48.2 Å². The molecule has 1 N–H and O–H groups in total. The standard InChI is InChI=1S/C21H30N2O4/c1-21(2,3)27-20(25)22-17-10-12-23(13-11-17)19(24)16-6-8-18(9-7-16)26-14-15-4-5-15/h6-9,15,17H,4-5,10-14H2,1-3H3,(H,22,25). The number of piperidine rings is 1. The zero-order valence-electron chi connectivity index (χ0n) is 16.5. The molecule has 6 heteroatoms. The summed E-state index contributed by atoms with van der Waals surface area (Å²) >= 11 is 0. The molecule has 3 rings (SSSR count). The molecule has 1 aliphatic heterocycles. The van der Waals surface area contributed by atoms with Gasteiger partial charge in [0.05, 0.1) is 6.61 Å². The van der Waals surface area contributed by atoms with Crippen molar-refractivity contribution >= 4 is 12.0 Å². The van der Waals surface area contributed by atoms with E-state index >= 15 is 0 Å². The first-order chi connectivity index (χ1) is 12.8. The third-order valence-electron chi connectivity index (χ3n) is 4.79. The molecule has 1 aromatic carbocycles. The van der Waals surface area contributed by atoms with Crippen molar-refractivity contribution in [1.82, 2.24) is 10.2 Å². The minimum Gasteiger partial charge on any atom is -0.493 e. The summed E-state index contributed by atoms with van der Waals surface area (Å²) in [5.41, 5.74) is 0.169. The van der Waals surface area contributed by atoms with Crippen molar-refractivity contribution in [2.45, 2.75) is 58.1 Å². The van der Waals surface area contributed by atoms with Gasteiger partial charge in [-0.1, -0.05) is 0 Å². The summed E-state index contributed by atoms with van der Waals surface area (Å²) in [7, 11) is 0. The lowest BCUT2D eigenvalue weighted by Gasteiger charge is -2.33. The number of alkyl carbamates (subject to hydrolysis) is 1. The number of amides is 2. The van der Waals surface area contributed by atoms with Gasteiger partial charge in [-0.25, -0.2) is 4.79 Å². The van der Waals surface area contributed by atoms with Crippen LogP contribution in [0.15, 0.2) is 24.3 Å². The van der Waals surface area contributed by atoms with Gasteiger partial charge < -0.3 is 19.7 Å². The van der Waals surface area contributed by atoms with E-state index in [1.165, 1.54) is 12.8 Å². The number of hydrogen-bond acceptors (Lipinski definition) is 4. The highest BCUT2D eigenvalue weighted by Crippen LogP contribution is 2.29. The average molecular weight is 374 g/mol. The normalized spacial score (nSPS) is 18.1. The number of rotatable bonds is 5. The maximum absolute atomic E-state index is 12.7. The van der Waals surface area contributed by atoms with E-state index in [1.54, 1.807) is 0 Å². The Bertz CT molecular complexity index is 654. The minimum absolute atomic E-state index is 0.0273. The molecule has 0 unspecified atom stereocenters. The highest BCUT2D eigenvalue weighted by atomic mass is 16.6. The molecule has 27 heavy (non-hydrogen) atoms. The number of hydrogen-bond donors (Lipinski definition) is 1. The van der Waals surface area contributed by atoms with Crippen LogP contribution in [0.3, 0.4) is 0 Å². The number of carbonyl (C=O) groups excluding carboxylic acids is 2. The fourth-order valence-corrected chi connectivity index (χ4v) is 3.08. The summed E-state index contributed by atoms with van der Waals surface area (Å²) in [6.45, 7) is 7.55. The molecule has 6 nitrogen and oxygen atoms in total. The van der Waals surface area contributed by atoms with Crippen LogP contribution in [0, 0.1) is 5.92 Å². The summed E-state index contributed by atoms with van der Waals surface area (Å²) in [6.07, 6.45) is 3.58. The number of carbonyl (C=O) groups is 2. The van der Waals surface area contributed by atoms with E-state index in [-0.39, 0.29) is 11.9 Å². The molecule has 2 aliphatic rings. The van der Waals surface area contributed by atoms with Crippen molar-refractivity contribution in [2.24, 2.45) is 5.92 Å². The van der Waals surface area contributed by atoms with Crippen LogP contribution >= 0.6 is 0 Å². The predicted molar refractivity (Wildman–Crippen MR) is 103 cm³/mol. The van der Waals surface area contributed by atoms with Gasteiger partial charge in [-0.3, -0.25) is 4.79 Å². The second kappa shape index (κ2) is 8.19. The minimum atomic E-state index is -0.505. The summed E-state index contributed by atoms with van der Waals surface area (Å²) in [5.74, 6) is 1.56. The van der Waals surface area contributed by atoms with Gasteiger partial charge in [0.2, 0.25) is 0 Å². The molecule has 1 saturated heterocycles. The van der Waals surface area contributed by atoms with Gasteiger partial charge in [0.15, 0.2) is 0 Å². The van der Waals surface area contributed by atoms with E-state index in [0.717, 1.165) is 25.2 Å². The molecule has 0 atom stereocenters. The number of nitrogens with zero attached hydrogens (tertiary/aromatic N) is 1. The molecule has 1 saturated carbocycles. The SMILES string of the molecule is CC(C)(C)OC(=O)NC1CCN(C(=O)c2ccc(OCC3CC3)cc2)CC1. The molecule has 0 radical (unpaired) electrons. The van der Waals surface area contributed by atoms with Crippen molar-refractivity contribution in [3.8, 4) is 5.75 Å². The van der Waals surface area contributed by atoms with E-state index in [2.05, 4.69) is 5.32 Å². The summed E-state index contributed by atoms with van der Waals surface area (Å²) < 4.78 is 11.0. The third-order valence-corrected chi connectivity index (χ3v) is 4.79. The van der Waals surface area contributed by atoms with E-state index in [4.69, 9.17) is 9.47 Å². The van der Waals surface area contributed by atoms with Crippen molar-refractivity contribution in [3.63, 3.8) is 0 Å². The summed E-state index contributed by atoms with van der Waals surface area (Å²) in [6, 6.07) is 7.44. The first-order valence-corrected chi connectivity index (χ1v) is 9.82. The predicted octanol–water partition coefficient (Wildman–Crippen LogP) is 3.60. The van der Waals surface area contributed by atoms with Crippen LogP contribution in [-0.2, 0) is 4.74 Å². The fourth-order valence-electron chi connectivity index (χ4n) is 3.08. The molecule has 0 aromatic heterocycles. The maximum atomic E-state index is 12.7. The van der Waals surface area contributed by atoms with Crippen LogP contribution in [0.5, 0.6) is 5.75 Å². The molecule has 1 heterocycles. The smallest absolute Gasteiger partial charge is 0.407 e. The van der Waals surface area contributed by atoms with Crippen LogP contribution in [0.25, 0.3) is 0 Å². The maximum Gasteiger partial charge on any atom is 0.407 e. The second-order valence-electron chi connectivity index (χ2n) is 8.49. The zero-order valence-corrected chi connectivity index (χ0v) is 16.5. The molecule has 148 valence electrons. The number of ether oxygens (including phenoxy) is 2. The van der Waals surface area contributed by atoms with E-state index in [1.807, 2.05) is 49.9 Å². The highest BCUT2D eigenvalue weighted by Gasteiger charge is 2.26. The number of nitrogens with one attached hydrogen (secondary N) is 1. The molecule has 2 fully saturated rings. The number of likely N-dealkylation sites (tertiary alicyclic amines) is 1. The van der Waals surface area contributed by atoms with Gasteiger partial charge in [0.25, 0.3) is 5.91 Å². The highest BCUT2D eigenvalue weighted by molar-refractivity contribution is 5.94. The molecule has 1 aromatic rings. The van der Waals surface area contributed by atoms with E-state index in [9.17, 15) is 9.59 Å². The van der Waals surface area contributed by atoms with E-state index in [0.29, 0.717) is 24.6 Å². The molecular formula is C21H30N2O4. The Labute approximate surface area is 161 Å². The van der Waals surface area contributed by atoms with Crippen LogP contribution in [0.4, 0.5) is 4.79 Å². The lowest BCUT2D eigenvalue weighted by molar-refractivity contribution is 0.0473. The Balaban J connectivity index is 1.44. The summed E-state index contributed by atoms with van der Waals surface area (Å²) in [5, 5.41) is 2.89. The molecule has 1 aliphatic carbocycles. The van der Waals surface area contributed by atoms with Crippen molar-refractivity contribution in [1.29, 1.82) is 0 Å². The van der Waals surface area contributed by atoms with E-state index < -0.39 is 11.7 Å². The van der Waals surface area contributed by atoms with Crippen molar-refractivity contribution in [3.05, 3.63) is 29.8 Å². The molecule has 0 bridgehead atoms. The Morgan fingerprint density at radius 3 is 2.26 bits per heavy atom. The molecule has 0 spiro atoms. The van der Waals surface area contributed by atoms with Gasteiger partial charge in [-0.05, 0) is 76.6 Å². The fraction of sp³-hybridized carbons (Fsp3) is 0.619. The van der Waals surface area contributed by atoms with Crippen LogP contribution in [0.2, 0.25) is 0 Å². The Morgan fingerprint density at radius 2 is 1.70 bits per heavy atom. The zero-order chi connectivity index (χ0) is 19.4. The van der Waals surface area contributed by atoms with Crippen LogP contribution in [0.1, 0.15) is 56.8 Å². The molecule has 2 amide bonds. The first-order valence-electron chi connectivity index (χ1n) is 9.82. The van der Waals surface area contributed by atoms with Crippen molar-refractivity contribution < 1.29 is 19.1 Å². The average Bonchev–Trinajstić information content (AvgIpc) is 3.43. The van der Waals surface area contributed by atoms with Gasteiger partial charge in [-0.2, -0.15) is 0 Å². The van der Waals surface area contributed by atoms with Crippen molar-refractivity contribution in [2.75, 3.05) is 19.7 Å². The van der Waals surface area contributed by atoms with Gasteiger partial charge >= 0.3 is 6.09 Å². The Hall–Kier alpha value is -2.24.